The van der Waals surface area contributed by atoms with E-state index in [-0.39, 0.29) is 5.97 Å². The van der Waals surface area contributed by atoms with Gasteiger partial charge in [-0.25, -0.2) is 9.78 Å². The molecule has 0 amide bonds. The zero-order chi connectivity index (χ0) is 15.1. The number of hydrogen-bond donors (Lipinski definition) is 1. The summed E-state index contributed by atoms with van der Waals surface area (Å²) in [5.41, 5.74) is 0.512. The van der Waals surface area contributed by atoms with Crippen LogP contribution in [0.2, 0.25) is 0 Å². The van der Waals surface area contributed by atoms with Crippen LogP contribution in [0.3, 0.4) is 0 Å². The summed E-state index contributed by atoms with van der Waals surface area (Å²) in [4.78, 5) is 17.9. The number of carbonyl (C=O) groups excluding carboxylic acids is 1. The summed E-state index contributed by atoms with van der Waals surface area (Å²) in [7, 11) is 5.48. The molecule has 1 N–H and O–H groups in total. The molecule has 0 saturated carbocycles. The third-order valence-corrected chi connectivity index (χ3v) is 2.87. The molecule has 5 heteroatoms. The number of likely N-dealkylation sites (N-methyl/N-ethyl adjacent to an activating group) is 1. The molecule has 0 aromatic carbocycles. The van der Waals surface area contributed by atoms with Gasteiger partial charge < -0.3 is 15.0 Å². The first-order chi connectivity index (χ1) is 9.42. The van der Waals surface area contributed by atoms with Gasteiger partial charge in [-0.15, -0.1) is 0 Å². The minimum absolute atomic E-state index is 0.297. The minimum Gasteiger partial charge on any atom is -0.465 e. The molecule has 1 aromatic heterocycles. The molecule has 1 unspecified atom stereocenters. The van der Waals surface area contributed by atoms with Crippen molar-refractivity contribution in [2.45, 2.75) is 26.3 Å². The maximum absolute atomic E-state index is 11.5. The van der Waals surface area contributed by atoms with Gasteiger partial charge in [0.1, 0.15) is 5.82 Å². The lowest BCUT2D eigenvalue weighted by molar-refractivity contribution is 0.0600. The molecule has 0 saturated heterocycles. The second kappa shape index (κ2) is 7.85. The van der Waals surface area contributed by atoms with Crippen molar-refractivity contribution < 1.29 is 9.53 Å². The topological polar surface area (TPSA) is 54.5 Å². The average molecular weight is 279 g/mol. The third-order valence-electron chi connectivity index (χ3n) is 2.87. The van der Waals surface area contributed by atoms with Gasteiger partial charge in [0.2, 0.25) is 0 Å². The van der Waals surface area contributed by atoms with E-state index in [1.165, 1.54) is 7.11 Å². The van der Waals surface area contributed by atoms with E-state index in [4.69, 9.17) is 4.74 Å². The number of carbonyl (C=O) groups is 1. The molecule has 0 aliphatic carbocycles. The highest BCUT2D eigenvalue weighted by Gasteiger charge is 2.14. The number of rotatable bonds is 7. The number of hydrogen-bond acceptors (Lipinski definition) is 5. The van der Waals surface area contributed by atoms with Crippen LogP contribution in [0.15, 0.2) is 18.3 Å². The summed E-state index contributed by atoms with van der Waals surface area (Å²) in [6.45, 7) is 5.31. The molecule has 1 atom stereocenters. The molecule has 0 fully saturated rings. The van der Waals surface area contributed by atoms with Crippen molar-refractivity contribution in [3.05, 3.63) is 23.9 Å². The van der Waals surface area contributed by atoms with Gasteiger partial charge >= 0.3 is 5.97 Å². The van der Waals surface area contributed by atoms with Gasteiger partial charge in [-0.3, -0.25) is 0 Å². The number of pyridine rings is 1. The van der Waals surface area contributed by atoms with Crippen molar-refractivity contribution in [2.24, 2.45) is 5.92 Å². The second-order valence-corrected chi connectivity index (χ2v) is 5.65. The van der Waals surface area contributed by atoms with E-state index in [1.807, 2.05) is 14.1 Å². The third kappa shape index (κ3) is 5.57. The molecule has 0 aliphatic rings. The second-order valence-electron chi connectivity index (χ2n) is 5.65. The maximum Gasteiger partial charge on any atom is 0.338 e. The molecule has 0 bridgehead atoms. The zero-order valence-corrected chi connectivity index (χ0v) is 13.0. The van der Waals surface area contributed by atoms with E-state index in [1.54, 1.807) is 18.3 Å². The van der Waals surface area contributed by atoms with E-state index in [2.05, 4.69) is 29.0 Å². The monoisotopic (exact) mass is 279 g/mol. The predicted molar refractivity (Wildman–Crippen MR) is 81.0 cm³/mol. The van der Waals surface area contributed by atoms with Crippen LogP contribution < -0.4 is 5.32 Å². The fraction of sp³-hybridized carbons (Fsp3) is 0.600. The first kappa shape index (κ1) is 16.4. The molecule has 0 radical (unpaired) electrons. The Balaban J connectivity index is 2.79. The molecule has 1 heterocycles. The normalized spacial score (nSPS) is 12.6. The number of esters is 1. The SMILES string of the molecule is COC(=O)c1ccnc(NC(CC(C)C)CN(C)C)c1. The average Bonchev–Trinajstić information content (AvgIpc) is 2.36. The van der Waals surface area contributed by atoms with Crippen molar-refractivity contribution in [1.82, 2.24) is 9.88 Å². The van der Waals surface area contributed by atoms with Gasteiger partial charge in [0, 0.05) is 18.8 Å². The molecule has 20 heavy (non-hydrogen) atoms. The van der Waals surface area contributed by atoms with E-state index in [9.17, 15) is 4.79 Å². The van der Waals surface area contributed by atoms with Crippen molar-refractivity contribution >= 4 is 11.8 Å². The number of ether oxygens (including phenoxy) is 1. The molecule has 1 aromatic rings. The van der Waals surface area contributed by atoms with Gasteiger partial charge in [-0.2, -0.15) is 0 Å². The highest BCUT2D eigenvalue weighted by molar-refractivity contribution is 5.89. The summed E-state index contributed by atoms with van der Waals surface area (Å²) < 4.78 is 4.72. The summed E-state index contributed by atoms with van der Waals surface area (Å²) in [6, 6.07) is 3.68. The first-order valence-corrected chi connectivity index (χ1v) is 6.88. The Morgan fingerprint density at radius 2 is 2.15 bits per heavy atom. The van der Waals surface area contributed by atoms with Crippen LogP contribution in [0.1, 0.15) is 30.6 Å². The van der Waals surface area contributed by atoms with Gasteiger partial charge in [-0.05, 0) is 38.6 Å². The minimum atomic E-state index is -0.344. The summed E-state index contributed by atoms with van der Waals surface area (Å²) in [5, 5.41) is 3.40. The fourth-order valence-electron chi connectivity index (χ4n) is 2.15. The van der Waals surface area contributed by atoms with Gasteiger partial charge in [-0.1, -0.05) is 13.8 Å². The lowest BCUT2D eigenvalue weighted by Crippen LogP contribution is -2.33. The van der Waals surface area contributed by atoms with Gasteiger partial charge in [0.25, 0.3) is 0 Å². The molecule has 0 spiro atoms. The first-order valence-electron chi connectivity index (χ1n) is 6.88. The molecular weight excluding hydrogens is 254 g/mol. The summed E-state index contributed by atoms with van der Waals surface area (Å²) >= 11 is 0. The van der Waals surface area contributed by atoms with E-state index < -0.39 is 0 Å². The van der Waals surface area contributed by atoms with Crippen LogP contribution in [-0.2, 0) is 4.74 Å². The Morgan fingerprint density at radius 3 is 2.70 bits per heavy atom. The standard InChI is InChI=1S/C15H25N3O2/c1-11(2)8-13(10-18(3)4)17-14-9-12(6-7-16-14)15(19)20-5/h6-7,9,11,13H,8,10H2,1-5H3,(H,16,17). The predicted octanol–water partition coefficient (Wildman–Crippen LogP) is 2.26. The number of nitrogens with zero attached hydrogens (tertiary/aromatic N) is 2. The summed E-state index contributed by atoms with van der Waals surface area (Å²) in [6.07, 6.45) is 2.67. The Morgan fingerprint density at radius 1 is 1.45 bits per heavy atom. The lowest BCUT2D eigenvalue weighted by Gasteiger charge is -2.24. The van der Waals surface area contributed by atoms with E-state index in [0.29, 0.717) is 23.3 Å². The highest BCUT2D eigenvalue weighted by Crippen LogP contribution is 2.13. The van der Waals surface area contributed by atoms with Crippen LogP contribution in [0.4, 0.5) is 5.82 Å². The van der Waals surface area contributed by atoms with Crippen LogP contribution in [0.5, 0.6) is 0 Å². The summed E-state index contributed by atoms with van der Waals surface area (Å²) in [5.74, 6) is 0.958. The zero-order valence-electron chi connectivity index (χ0n) is 13.0. The van der Waals surface area contributed by atoms with Crippen LogP contribution in [0.25, 0.3) is 0 Å². The van der Waals surface area contributed by atoms with Crippen molar-refractivity contribution in [1.29, 1.82) is 0 Å². The van der Waals surface area contributed by atoms with Gasteiger partial charge in [0.05, 0.1) is 12.7 Å². The number of nitrogens with one attached hydrogen (secondary N) is 1. The molecule has 112 valence electrons. The Bertz CT molecular complexity index is 423. The van der Waals surface area contributed by atoms with Crippen LogP contribution >= 0.6 is 0 Å². The maximum atomic E-state index is 11.5. The smallest absolute Gasteiger partial charge is 0.338 e. The van der Waals surface area contributed by atoms with E-state index in [0.717, 1.165) is 13.0 Å². The fourth-order valence-corrected chi connectivity index (χ4v) is 2.15. The Kier molecular flexibility index (Phi) is 6.45. The quantitative estimate of drug-likeness (QED) is 0.776. The highest BCUT2D eigenvalue weighted by atomic mass is 16.5. The number of anilines is 1. The lowest BCUT2D eigenvalue weighted by atomic mass is 10.0. The van der Waals surface area contributed by atoms with Crippen molar-refractivity contribution in [3.63, 3.8) is 0 Å². The van der Waals surface area contributed by atoms with Crippen molar-refractivity contribution in [3.8, 4) is 0 Å². The molecular formula is C15H25N3O2. The molecule has 5 nitrogen and oxygen atoms in total. The Labute approximate surface area is 121 Å². The van der Waals surface area contributed by atoms with Crippen molar-refractivity contribution in [2.75, 3.05) is 33.1 Å². The van der Waals surface area contributed by atoms with Gasteiger partial charge in [0.15, 0.2) is 0 Å². The van der Waals surface area contributed by atoms with Crippen LogP contribution in [-0.4, -0.2) is 49.6 Å². The molecule has 1 rings (SSSR count). The largest absolute Gasteiger partial charge is 0.465 e. The molecule has 0 aliphatic heterocycles. The number of methoxy groups -OCH3 is 1. The van der Waals surface area contributed by atoms with Crippen LogP contribution in [0, 0.1) is 5.92 Å². The van der Waals surface area contributed by atoms with E-state index >= 15 is 0 Å². The Hall–Kier alpha value is -1.62. The number of aromatic nitrogens is 1.